The molecular weight excluding hydrogens is 288 g/mol. The Morgan fingerprint density at radius 3 is 3.00 bits per heavy atom. The Bertz CT molecular complexity index is 501. The number of carbonyl (C=O) groups excluding carboxylic acids is 2. The first-order valence-electron chi connectivity index (χ1n) is 7.34. The lowest BCUT2D eigenvalue weighted by Crippen LogP contribution is -2.45. The van der Waals surface area contributed by atoms with Crippen molar-refractivity contribution in [2.24, 2.45) is 5.92 Å². The highest BCUT2D eigenvalue weighted by Gasteiger charge is 2.28. The number of hydrogen-bond acceptors (Lipinski definition) is 4. The minimum atomic E-state index is -0.316. The minimum Gasteiger partial charge on any atom is -0.450 e. The first-order chi connectivity index (χ1) is 10.1. The van der Waals surface area contributed by atoms with Gasteiger partial charge in [-0.25, -0.2) is 4.79 Å². The summed E-state index contributed by atoms with van der Waals surface area (Å²) in [6.45, 7) is 5.89. The van der Waals surface area contributed by atoms with Crippen LogP contribution in [0.2, 0.25) is 0 Å². The van der Waals surface area contributed by atoms with Crippen molar-refractivity contribution < 1.29 is 14.3 Å². The smallest absolute Gasteiger partial charge is 0.409 e. The Morgan fingerprint density at radius 1 is 1.52 bits per heavy atom. The number of ether oxygens (including phenoxy) is 1. The summed E-state index contributed by atoms with van der Waals surface area (Å²) >= 11 is 1.65. The van der Waals surface area contributed by atoms with Crippen molar-refractivity contribution >= 4 is 23.3 Å². The van der Waals surface area contributed by atoms with Gasteiger partial charge >= 0.3 is 6.09 Å². The van der Waals surface area contributed by atoms with Crippen LogP contribution in [0.1, 0.15) is 30.2 Å². The zero-order valence-corrected chi connectivity index (χ0v) is 13.4. The van der Waals surface area contributed by atoms with Crippen molar-refractivity contribution in [3.63, 3.8) is 0 Å². The molecule has 1 N–H and O–H groups in total. The van der Waals surface area contributed by atoms with Crippen molar-refractivity contribution in [2.75, 3.05) is 19.7 Å². The van der Waals surface area contributed by atoms with Crippen molar-refractivity contribution in [2.45, 2.75) is 33.2 Å². The Morgan fingerprint density at radius 2 is 2.33 bits per heavy atom. The fourth-order valence-electron chi connectivity index (χ4n) is 2.47. The van der Waals surface area contributed by atoms with Gasteiger partial charge in [0.05, 0.1) is 19.1 Å². The van der Waals surface area contributed by atoms with Crippen LogP contribution in [0, 0.1) is 12.8 Å². The summed E-state index contributed by atoms with van der Waals surface area (Å²) < 4.78 is 5.00. The zero-order chi connectivity index (χ0) is 15.2. The second kappa shape index (κ2) is 7.45. The quantitative estimate of drug-likeness (QED) is 0.930. The summed E-state index contributed by atoms with van der Waals surface area (Å²) in [7, 11) is 0. The van der Waals surface area contributed by atoms with Gasteiger partial charge in [0.1, 0.15) is 0 Å². The molecule has 21 heavy (non-hydrogen) atoms. The van der Waals surface area contributed by atoms with Crippen molar-refractivity contribution in [3.8, 4) is 0 Å². The highest BCUT2D eigenvalue weighted by molar-refractivity contribution is 7.10. The molecule has 1 unspecified atom stereocenters. The molecule has 0 saturated carbocycles. The molecular formula is C15H22N2O3S. The zero-order valence-electron chi connectivity index (χ0n) is 12.6. The molecule has 6 heteroatoms. The van der Waals surface area contributed by atoms with Gasteiger partial charge in [0.2, 0.25) is 5.91 Å². The van der Waals surface area contributed by atoms with Crippen LogP contribution in [0.15, 0.2) is 11.4 Å². The lowest BCUT2D eigenvalue weighted by molar-refractivity contribution is -0.126. The average Bonchev–Trinajstić information content (AvgIpc) is 2.90. The molecule has 0 spiro atoms. The van der Waals surface area contributed by atoms with E-state index in [2.05, 4.69) is 11.4 Å². The Hall–Kier alpha value is -1.56. The lowest BCUT2D eigenvalue weighted by atomic mass is 9.97. The van der Waals surface area contributed by atoms with Crippen LogP contribution >= 0.6 is 11.3 Å². The molecule has 0 radical (unpaired) electrons. The Balaban J connectivity index is 1.84. The number of rotatable bonds is 4. The third-order valence-electron chi connectivity index (χ3n) is 3.71. The van der Waals surface area contributed by atoms with Crippen LogP contribution < -0.4 is 5.32 Å². The number of nitrogens with one attached hydrogen (secondary N) is 1. The van der Waals surface area contributed by atoms with Crippen LogP contribution in [0.25, 0.3) is 0 Å². The standard InChI is InChI=1S/C15H22N2O3S/c1-3-20-15(19)17-7-4-5-12(10-17)14(18)16-9-13-11(2)6-8-21-13/h6,8,12H,3-5,7,9-10H2,1-2H3,(H,16,18). The highest BCUT2D eigenvalue weighted by Crippen LogP contribution is 2.19. The Labute approximate surface area is 129 Å². The molecule has 116 valence electrons. The van der Waals surface area contributed by atoms with Gasteiger partial charge in [-0.05, 0) is 43.7 Å². The predicted octanol–water partition coefficient (Wildman–Crippen LogP) is 2.54. The topological polar surface area (TPSA) is 58.6 Å². The normalized spacial score (nSPS) is 18.4. The van der Waals surface area contributed by atoms with Gasteiger partial charge in [-0.15, -0.1) is 11.3 Å². The summed E-state index contributed by atoms with van der Waals surface area (Å²) in [5, 5.41) is 5.01. The molecule has 1 fully saturated rings. The molecule has 2 amide bonds. The van der Waals surface area contributed by atoms with E-state index in [0.29, 0.717) is 26.2 Å². The first kappa shape index (κ1) is 15.8. The number of thiophene rings is 1. The largest absolute Gasteiger partial charge is 0.450 e. The monoisotopic (exact) mass is 310 g/mol. The SMILES string of the molecule is CCOC(=O)N1CCCC(C(=O)NCc2sccc2C)C1. The van der Waals surface area contributed by atoms with E-state index in [4.69, 9.17) is 4.74 Å². The first-order valence-corrected chi connectivity index (χ1v) is 8.22. The third-order valence-corrected chi connectivity index (χ3v) is 4.73. The summed E-state index contributed by atoms with van der Waals surface area (Å²) in [4.78, 5) is 26.8. The van der Waals surface area contributed by atoms with Gasteiger partial charge < -0.3 is 15.0 Å². The summed E-state index contributed by atoms with van der Waals surface area (Å²) in [5.74, 6) is -0.111. The summed E-state index contributed by atoms with van der Waals surface area (Å²) in [5.41, 5.74) is 1.21. The number of carbonyl (C=O) groups is 2. The number of piperidine rings is 1. The molecule has 1 saturated heterocycles. The predicted molar refractivity (Wildman–Crippen MR) is 82.2 cm³/mol. The fraction of sp³-hybridized carbons (Fsp3) is 0.600. The number of hydrogen-bond donors (Lipinski definition) is 1. The lowest BCUT2D eigenvalue weighted by Gasteiger charge is -2.31. The van der Waals surface area contributed by atoms with Gasteiger partial charge in [0.15, 0.2) is 0 Å². The maximum atomic E-state index is 12.2. The van der Waals surface area contributed by atoms with Gasteiger partial charge in [0.25, 0.3) is 0 Å². The van der Waals surface area contributed by atoms with Crippen LogP contribution in [0.3, 0.4) is 0 Å². The van der Waals surface area contributed by atoms with Crippen molar-refractivity contribution in [3.05, 3.63) is 21.9 Å². The van der Waals surface area contributed by atoms with Gasteiger partial charge in [-0.1, -0.05) is 0 Å². The molecule has 1 atom stereocenters. The van der Waals surface area contributed by atoms with Crippen molar-refractivity contribution in [1.29, 1.82) is 0 Å². The van der Waals surface area contributed by atoms with Crippen LogP contribution in [0.4, 0.5) is 4.79 Å². The van der Waals surface area contributed by atoms with Crippen LogP contribution in [-0.4, -0.2) is 36.6 Å². The molecule has 2 rings (SSSR count). The number of nitrogens with zero attached hydrogens (tertiary/aromatic N) is 1. The Kier molecular flexibility index (Phi) is 5.61. The van der Waals surface area contributed by atoms with E-state index in [1.807, 2.05) is 12.3 Å². The minimum absolute atomic E-state index is 0.0248. The molecule has 0 bridgehead atoms. The number of aryl methyl sites for hydroxylation is 1. The van der Waals surface area contributed by atoms with E-state index in [-0.39, 0.29) is 17.9 Å². The van der Waals surface area contributed by atoms with Gasteiger partial charge in [-0.3, -0.25) is 4.79 Å². The number of likely N-dealkylation sites (tertiary alicyclic amines) is 1. The number of amides is 2. The van der Waals surface area contributed by atoms with E-state index < -0.39 is 0 Å². The van der Waals surface area contributed by atoms with E-state index in [1.165, 1.54) is 10.4 Å². The molecule has 0 aliphatic carbocycles. The molecule has 0 aromatic carbocycles. The van der Waals surface area contributed by atoms with Crippen LogP contribution in [-0.2, 0) is 16.1 Å². The van der Waals surface area contributed by atoms with E-state index in [0.717, 1.165) is 12.8 Å². The fourth-order valence-corrected chi connectivity index (χ4v) is 3.31. The third kappa shape index (κ3) is 4.20. The molecule has 2 heterocycles. The average molecular weight is 310 g/mol. The molecule has 5 nitrogen and oxygen atoms in total. The summed E-state index contributed by atoms with van der Waals surface area (Å²) in [6, 6.07) is 2.05. The van der Waals surface area contributed by atoms with Crippen molar-refractivity contribution in [1.82, 2.24) is 10.2 Å². The molecule has 1 aliphatic heterocycles. The molecule has 1 aromatic rings. The second-order valence-electron chi connectivity index (χ2n) is 5.23. The maximum absolute atomic E-state index is 12.2. The van der Waals surface area contributed by atoms with Gasteiger partial charge in [-0.2, -0.15) is 0 Å². The molecule has 1 aromatic heterocycles. The van der Waals surface area contributed by atoms with Crippen LogP contribution in [0.5, 0.6) is 0 Å². The second-order valence-corrected chi connectivity index (χ2v) is 6.23. The van der Waals surface area contributed by atoms with E-state index >= 15 is 0 Å². The maximum Gasteiger partial charge on any atom is 0.409 e. The van der Waals surface area contributed by atoms with Gasteiger partial charge in [0, 0.05) is 18.0 Å². The van der Waals surface area contributed by atoms with E-state index in [1.54, 1.807) is 23.2 Å². The van der Waals surface area contributed by atoms with E-state index in [9.17, 15) is 9.59 Å². The highest BCUT2D eigenvalue weighted by atomic mass is 32.1. The molecule has 1 aliphatic rings. The summed E-state index contributed by atoms with van der Waals surface area (Å²) in [6.07, 6.45) is 1.35.